The zero-order valence-electron chi connectivity index (χ0n) is 23.2. The van der Waals surface area contributed by atoms with E-state index in [1.165, 1.54) is 12.1 Å². The van der Waals surface area contributed by atoms with E-state index in [-0.39, 0.29) is 43.3 Å². The van der Waals surface area contributed by atoms with Crippen LogP contribution < -0.4 is 11.1 Å². The van der Waals surface area contributed by atoms with Crippen LogP contribution >= 0.6 is 0 Å². The second-order valence-corrected chi connectivity index (χ2v) is 11.6. The maximum Gasteiger partial charge on any atom is 0.247 e. The lowest BCUT2D eigenvalue weighted by molar-refractivity contribution is -0.147. The SMILES string of the molecule is Cc1cccc(COCC(NC(=O)C(C)(C)N)C(=O)N2CCCC3(C2)C(=O)N(C)CC3c2ccc(F)cc2)c1. The number of carbonyl (C=O) groups is 3. The van der Waals surface area contributed by atoms with Crippen molar-refractivity contribution in [1.29, 1.82) is 0 Å². The molecule has 0 aliphatic carbocycles. The predicted molar refractivity (Wildman–Crippen MR) is 146 cm³/mol. The fraction of sp³-hybridized carbons (Fsp3) is 0.500. The molecular weight excluding hydrogens is 499 g/mol. The average Bonchev–Trinajstić information content (AvgIpc) is 3.12. The number of amides is 3. The molecule has 210 valence electrons. The topological polar surface area (TPSA) is 105 Å². The van der Waals surface area contributed by atoms with E-state index in [9.17, 15) is 18.8 Å². The number of hydrogen-bond donors (Lipinski definition) is 2. The lowest BCUT2D eigenvalue weighted by atomic mass is 9.69. The molecule has 3 atom stereocenters. The van der Waals surface area contributed by atoms with Crippen molar-refractivity contribution in [3.05, 3.63) is 71.0 Å². The lowest BCUT2D eigenvalue weighted by Gasteiger charge is -2.43. The van der Waals surface area contributed by atoms with Gasteiger partial charge in [0, 0.05) is 32.6 Å². The molecule has 2 heterocycles. The molecule has 3 unspecified atom stereocenters. The second kappa shape index (κ2) is 11.4. The molecule has 0 saturated carbocycles. The molecule has 9 heteroatoms. The van der Waals surface area contributed by atoms with Gasteiger partial charge in [0.2, 0.25) is 17.7 Å². The summed E-state index contributed by atoms with van der Waals surface area (Å²) in [6.45, 7) is 6.57. The van der Waals surface area contributed by atoms with Gasteiger partial charge in [0.1, 0.15) is 11.9 Å². The molecule has 2 saturated heterocycles. The predicted octanol–water partition coefficient (Wildman–Crippen LogP) is 2.74. The highest BCUT2D eigenvalue weighted by Gasteiger charge is 2.56. The van der Waals surface area contributed by atoms with E-state index in [4.69, 9.17) is 10.5 Å². The maximum absolute atomic E-state index is 13.9. The van der Waals surface area contributed by atoms with E-state index in [1.54, 1.807) is 42.8 Å². The van der Waals surface area contributed by atoms with Gasteiger partial charge >= 0.3 is 0 Å². The molecule has 0 radical (unpaired) electrons. The molecule has 2 aromatic carbocycles. The Hall–Kier alpha value is -3.30. The summed E-state index contributed by atoms with van der Waals surface area (Å²) >= 11 is 0. The Labute approximate surface area is 229 Å². The maximum atomic E-state index is 13.9. The molecule has 39 heavy (non-hydrogen) atoms. The third kappa shape index (κ3) is 6.31. The molecule has 2 aliphatic rings. The Bertz CT molecular complexity index is 1210. The van der Waals surface area contributed by atoms with Gasteiger partial charge in [-0.25, -0.2) is 4.39 Å². The largest absolute Gasteiger partial charge is 0.374 e. The summed E-state index contributed by atoms with van der Waals surface area (Å²) in [5, 5.41) is 2.78. The van der Waals surface area contributed by atoms with Gasteiger partial charge in [-0.05, 0) is 56.9 Å². The summed E-state index contributed by atoms with van der Waals surface area (Å²) in [4.78, 5) is 43.6. The van der Waals surface area contributed by atoms with Crippen LogP contribution in [0.5, 0.6) is 0 Å². The Morgan fingerprint density at radius 2 is 1.95 bits per heavy atom. The molecule has 3 N–H and O–H groups in total. The first-order valence-electron chi connectivity index (χ1n) is 13.4. The van der Waals surface area contributed by atoms with Crippen LogP contribution in [0.2, 0.25) is 0 Å². The van der Waals surface area contributed by atoms with Crippen LogP contribution in [0.1, 0.15) is 49.3 Å². The Kier molecular flexibility index (Phi) is 8.42. The minimum Gasteiger partial charge on any atom is -0.374 e. The number of hydrogen-bond acceptors (Lipinski definition) is 5. The van der Waals surface area contributed by atoms with Crippen molar-refractivity contribution in [2.45, 2.75) is 57.7 Å². The van der Waals surface area contributed by atoms with Crippen molar-refractivity contribution in [3.63, 3.8) is 0 Å². The molecule has 0 aromatic heterocycles. The van der Waals surface area contributed by atoms with Gasteiger partial charge in [-0.3, -0.25) is 14.4 Å². The molecule has 2 fully saturated rings. The monoisotopic (exact) mass is 538 g/mol. The van der Waals surface area contributed by atoms with Crippen molar-refractivity contribution in [2.24, 2.45) is 11.1 Å². The number of ether oxygens (including phenoxy) is 1. The van der Waals surface area contributed by atoms with Gasteiger partial charge in [0.15, 0.2) is 0 Å². The summed E-state index contributed by atoms with van der Waals surface area (Å²) in [6.07, 6.45) is 1.26. The van der Waals surface area contributed by atoms with E-state index in [1.807, 2.05) is 31.2 Å². The number of rotatable bonds is 8. The molecule has 3 amide bonds. The summed E-state index contributed by atoms with van der Waals surface area (Å²) in [5.74, 6) is -1.31. The number of nitrogens with one attached hydrogen (secondary N) is 1. The summed E-state index contributed by atoms with van der Waals surface area (Å²) in [7, 11) is 1.76. The third-order valence-corrected chi connectivity index (χ3v) is 7.83. The Morgan fingerprint density at radius 1 is 1.23 bits per heavy atom. The van der Waals surface area contributed by atoms with E-state index < -0.39 is 22.9 Å². The first kappa shape index (κ1) is 28.7. The number of benzene rings is 2. The molecule has 1 spiro atoms. The highest BCUT2D eigenvalue weighted by molar-refractivity contribution is 5.92. The summed E-state index contributed by atoms with van der Waals surface area (Å²) in [5.41, 5.74) is 6.95. The van der Waals surface area contributed by atoms with Crippen LogP contribution in [0.15, 0.2) is 48.5 Å². The minimum atomic E-state index is -1.18. The van der Waals surface area contributed by atoms with Gasteiger partial charge in [0.05, 0.1) is 24.2 Å². The van der Waals surface area contributed by atoms with Crippen LogP contribution in [-0.4, -0.2) is 72.4 Å². The molecular formula is C30H39FN4O4. The average molecular weight is 539 g/mol. The summed E-state index contributed by atoms with van der Waals surface area (Å²) < 4.78 is 19.6. The van der Waals surface area contributed by atoms with Gasteiger partial charge in [0.25, 0.3) is 0 Å². The number of aryl methyl sites for hydroxylation is 1. The van der Waals surface area contributed by atoms with Gasteiger partial charge in [-0.2, -0.15) is 0 Å². The fourth-order valence-corrected chi connectivity index (χ4v) is 5.75. The van der Waals surface area contributed by atoms with Crippen molar-refractivity contribution < 1.29 is 23.5 Å². The van der Waals surface area contributed by atoms with E-state index in [0.29, 0.717) is 25.9 Å². The number of piperidine rings is 1. The van der Waals surface area contributed by atoms with Crippen molar-refractivity contribution in [2.75, 3.05) is 33.3 Å². The van der Waals surface area contributed by atoms with E-state index >= 15 is 0 Å². The van der Waals surface area contributed by atoms with Crippen molar-refractivity contribution in [1.82, 2.24) is 15.1 Å². The highest BCUT2D eigenvalue weighted by Crippen LogP contribution is 2.49. The van der Waals surface area contributed by atoms with Crippen LogP contribution in [-0.2, 0) is 25.7 Å². The van der Waals surface area contributed by atoms with Crippen LogP contribution in [0.3, 0.4) is 0 Å². The second-order valence-electron chi connectivity index (χ2n) is 11.6. The quantitative estimate of drug-likeness (QED) is 0.538. The number of carbonyl (C=O) groups excluding carboxylic acids is 3. The fourth-order valence-electron chi connectivity index (χ4n) is 5.75. The molecule has 0 bridgehead atoms. The number of nitrogens with two attached hydrogens (primary N) is 1. The molecule has 2 aliphatic heterocycles. The molecule has 4 rings (SSSR count). The highest BCUT2D eigenvalue weighted by atomic mass is 19.1. The van der Waals surface area contributed by atoms with Crippen LogP contribution in [0.25, 0.3) is 0 Å². The number of likely N-dealkylation sites (tertiary alicyclic amines) is 2. The zero-order valence-corrected chi connectivity index (χ0v) is 23.2. The van der Waals surface area contributed by atoms with Gasteiger partial charge in [-0.15, -0.1) is 0 Å². The Morgan fingerprint density at radius 3 is 2.62 bits per heavy atom. The van der Waals surface area contributed by atoms with Gasteiger partial charge in [-0.1, -0.05) is 42.0 Å². The normalized spacial score (nSPS) is 22.3. The first-order valence-corrected chi connectivity index (χ1v) is 13.4. The standard InChI is InChI=1S/C30H39FN4O4/c1-20-7-5-8-21(15-20)17-39-18-25(33-27(37)29(2,3)32)26(36)35-14-6-13-30(19-35)24(16-34(4)28(30)38)22-9-11-23(31)12-10-22/h5,7-12,15,24-25H,6,13-14,16-19,32H2,1-4H3,(H,33,37). The minimum absolute atomic E-state index is 0.0197. The number of nitrogens with zero attached hydrogens (tertiary/aromatic N) is 2. The van der Waals surface area contributed by atoms with Gasteiger partial charge < -0.3 is 25.6 Å². The van der Waals surface area contributed by atoms with Crippen LogP contribution in [0.4, 0.5) is 4.39 Å². The lowest BCUT2D eigenvalue weighted by Crippen LogP contribution is -2.60. The zero-order chi connectivity index (χ0) is 28.4. The third-order valence-electron chi connectivity index (χ3n) is 7.83. The number of likely N-dealkylation sites (N-methyl/N-ethyl adjacent to an activating group) is 1. The van der Waals surface area contributed by atoms with E-state index in [2.05, 4.69) is 5.32 Å². The number of halogens is 1. The first-order chi connectivity index (χ1) is 18.4. The smallest absolute Gasteiger partial charge is 0.247 e. The summed E-state index contributed by atoms with van der Waals surface area (Å²) in [6, 6.07) is 13.2. The van der Waals surface area contributed by atoms with Crippen LogP contribution in [0, 0.1) is 18.2 Å². The molecule has 2 aromatic rings. The van der Waals surface area contributed by atoms with Crippen molar-refractivity contribution in [3.8, 4) is 0 Å². The Balaban J connectivity index is 1.55. The van der Waals surface area contributed by atoms with Crippen molar-refractivity contribution >= 4 is 17.7 Å². The van der Waals surface area contributed by atoms with E-state index in [0.717, 1.165) is 16.7 Å². The molecule has 8 nitrogen and oxygen atoms in total.